The summed E-state index contributed by atoms with van der Waals surface area (Å²) in [6, 6.07) is 4.35. The summed E-state index contributed by atoms with van der Waals surface area (Å²) in [5, 5.41) is 19.7. The van der Waals surface area contributed by atoms with Crippen LogP contribution in [0.2, 0.25) is 0 Å². The Morgan fingerprint density at radius 2 is 2.03 bits per heavy atom. The molecule has 198 valence electrons. The molecule has 0 aliphatic carbocycles. The highest BCUT2D eigenvalue weighted by Crippen LogP contribution is 2.37. The van der Waals surface area contributed by atoms with Crippen LogP contribution < -0.4 is 10.1 Å². The van der Waals surface area contributed by atoms with Crippen LogP contribution in [0.1, 0.15) is 30.5 Å². The zero-order valence-electron chi connectivity index (χ0n) is 20.2. The van der Waals surface area contributed by atoms with E-state index in [0.29, 0.717) is 24.4 Å². The number of pyridine rings is 2. The van der Waals surface area contributed by atoms with E-state index in [1.54, 1.807) is 14.1 Å². The second-order valence-corrected chi connectivity index (χ2v) is 8.65. The molecule has 1 N–H and O–H groups in total. The van der Waals surface area contributed by atoms with Crippen molar-refractivity contribution in [1.29, 1.82) is 5.26 Å². The first-order valence-electron chi connectivity index (χ1n) is 11.4. The Kier molecular flexibility index (Phi) is 8.88. The summed E-state index contributed by atoms with van der Waals surface area (Å²) in [5.74, 6) is -0.235. The summed E-state index contributed by atoms with van der Waals surface area (Å²) < 4.78 is 48.5. The molecule has 3 aromatic heterocycles. The largest absolute Gasteiger partial charge is 0.477 e. The predicted octanol–water partition coefficient (Wildman–Crippen LogP) is 2.96. The Balaban J connectivity index is 0.00000380. The maximum absolute atomic E-state index is 13.9. The molecule has 10 nitrogen and oxygen atoms in total. The van der Waals surface area contributed by atoms with Gasteiger partial charge in [0.1, 0.15) is 17.1 Å². The number of hydrogen-bond acceptors (Lipinski definition) is 8. The monoisotopic (exact) mass is 538 g/mol. The summed E-state index contributed by atoms with van der Waals surface area (Å²) in [7, 11) is 3.21. The van der Waals surface area contributed by atoms with Gasteiger partial charge < -0.3 is 10.1 Å². The minimum absolute atomic E-state index is 0. The lowest BCUT2D eigenvalue weighted by Crippen LogP contribution is -2.40. The van der Waals surface area contributed by atoms with Crippen LogP contribution in [0.3, 0.4) is 0 Å². The summed E-state index contributed by atoms with van der Waals surface area (Å²) >= 11 is 0. The highest BCUT2D eigenvalue weighted by atomic mass is 35.5. The number of ether oxygens (including phenoxy) is 1. The normalized spacial score (nSPS) is 14.7. The van der Waals surface area contributed by atoms with Gasteiger partial charge in [-0.15, -0.1) is 17.5 Å². The number of nitriles is 1. The lowest BCUT2D eigenvalue weighted by atomic mass is 9.94. The first-order valence-corrected chi connectivity index (χ1v) is 11.4. The molecule has 0 radical (unpaired) electrons. The molecule has 0 unspecified atom stereocenters. The fourth-order valence-electron chi connectivity index (χ4n) is 4.20. The maximum atomic E-state index is 13.9. The van der Waals surface area contributed by atoms with E-state index in [4.69, 9.17) is 4.74 Å². The van der Waals surface area contributed by atoms with Crippen molar-refractivity contribution in [2.75, 3.05) is 33.3 Å². The van der Waals surface area contributed by atoms with Gasteiger partial charge in [0, 0.05) is 25.9 Å². The average molecular weight is 539 g/mol. The smallest absolute Gasteiger partial charge is 0.421 e. The standard InChI is InChI=1S/C23H25F3N8O2.ClH/c1-28-20(35)13-34-6-3-14(4-7-34)5-8-36-22-16(23(24,25)26)9-15(12-29-22)17-10-19-21(18(11-27)30-17)31-32-33(19)2;/h9-10,12,14H,3-8,13H2,1-2H3,(H,28,35);1H. The van der Waals surface area contributed by atoms with E-state index in [1.807, 2.05) is 6.07 Å². The third-order valence-electron chi connectivity index (χ3n) is 6.28. The summed E-state index contributed by atoms with van der Waals surface area (Å²) in [6.45, 7) is 1.96. The molecule has 0 aromatic carbocycles. The quantitative estimate of drug-likeness (QED) is 0.487. The number of likely N-dealkylation sites (N-methyl/N-ethyl adjacent to an activating group) is 1. The molecular formula is C23H26ClF3N8O2. The van der Waals surface area contributed by atoms with Gasteiger partial charge in [-0.3, -0.25) is 9.69 Å². The van der Waals surface area contributed by atoms with Gasteiger partial charge >= 0.3 is 6.18 Å². The summed E-state index contributed by atoms with van der Waals surface area (Å²) in [5.41, 5.74) is -0.0657. The Morgan fingerprint density at radius 3 is 2.68 bits per heavy atom. The fraction of sp³-hybridized carbons (Fsp3) is 0.478. The lowest BCUT2D eigenvalue weighted by molar-refractivity contribution is -0.139. The molecule has 4 heterocycles. The van der Waals surface area contributed by atoms with Crippen LogP contribution in [-0.4, -0.2) is 69.1 Å². The molecule has 1 saturated heterocycles. The number of aromatic nitrogens is 5. The predicted molar refractivity (Wildman–Crippen MR) is 130 cm³/mol. The van der Waals surface area contributed by atoms with Crippen LogP contribution in [0.25, 0.3) is 22.3 Å². The van der Waals surface area contributed by atoms with E-state index < -0.39 is 17.6 Å². The van der Waals surface area contributed by atoms with Crippen LogP contribution in [0.5, 0.6) is 5.88 Å². The molecule has 37 heavy (non-hydrogen) atoms. The molecule has 0 atom stereocenters. The van der Waals surface area contributed by atoms with Crippen molar-refractivity contribution < 1.29 is 22.7 Å². The number of carbonyl (C=O) groups is 1. The minimum atomic E-state index is -4.69. The molecule has 0 bridgehead atoms. The van der Waals surface area contributed by atoms with Gasteiger partial charge in [0.25, 0.3) is 0 Å². The first kappa shape index (κ1) is 28.1. The Labute approximate surface area is 217 Å². The van der Waals surface area contributed by atoms with Crippen molar-refractivity contribution in [2.24, 2.45) is 13.0 Å². The van der Waals surface area contributed by atoms with Gasteiger partial charge in [0.05, 0.1) is 24.4 Å². The van der Waals surface area contributed by atoms with Gasteiger partial charge in [0.15, 0.2) is 5.69 Å². The number of carbonyl (C=O) groups excluding carboxylic acids is 1. The van der Waals surface area contributed by atoms with Crippen LogP contribution in [0.15, 0.2) is 18.3 Å². The third kappa shape index (κ3) is 6.44. The van der Waals surface area contributed by atoms with Crippen molar-refractivity contribution in [2.45, 2.75) is 25.4 Å². The Morgan fingerprint density at radius 1 is 1.30 bits per heavy atom. The van der Waals surface area contributed by atoms with Crippen molar-refractivity contribution in [3.05, 3.63) is 29.6 Å². The maximum Gasteiger partial charge on any atom is 0.421 e. The van der Waals surface area contributed by atoms with E-state index in [-0.39, 0.29) is 47.4 Å². The number of hydrogen-bond donors (Lipinski definition) is 1. The molecule has 14 heteroatoms. The van der Waals surface area contributed by atoms with E-state index >= 15 is 0 Å². The number of alkyl halides is 3. The Hall–Kier alpha value is -3.50. The molecule has 1 amide bonds. The molecule has 4 rings (SSSR count). The first-order chi connectivity index (χ1) is 17.2. The van der Waals surface area contributed by atoms with Gasteiger partial charge in [-0.05, 0) is 50.4 Å². The van der Waals surface area contributed by atoms with Gasteiger partial charge in [-0.25, -0.2) is 14.6 Å². The molecule has 1 fully saturated rings. The number of amides is 1. The van der Waals surface area contributed by atoms with Crippen molar-refractivity contribution >= 4 is 29.3 Å². The number of likely N-dealkylation sites (tertiary alicyclic amines) is 1. The highest BCUT2D eigenvalue weighted by Gasteiger charge is 2.36. The number of piperidine rings is 1. The van der Waals surface area contributed by atoms with Crippen molar-refractivity contribution in [1.82, 2.24) is 35.2 Å². The van der Waals surface area contributed by atoms with E-state index in [1.165, 1.54) is 16.9 Å². The summed E-state index contributed by atoms with van der Waals surface area (Å²) in [6.07, 6.45) is -1.17. The van der Waals surface area contributed by atoms with E-state index in [2.05, 4.69) is 30.5 Å². The molecule has 3 aromatic rings. The number of nitrogens with one attached hydrogen (secondary N) is 1. The Bertz CT molecular complexity index is 1300. The molecule has 1 aliphatic heterocycles. The number of rotatable bonds is 7. The summed E-state index contributed by atoms with van der Waals surface area (Å²) in [4.78, 5) is 21.7. The molecule has 0 spiro atoms. The molecular weight excluding hydrogens is 513 g/mol. The third-order valence-corrected chi connectivity index (χ3v) is 6.28. The molecule has 0 saturated carbocycles. The van der Waals surface area contributed by atoms with Crippen molar-refractivity contribution in [3.8, 4) is 23.2 Å². The van der Waals surface area contributed by atoms with Crippen molar-refractivity contribution in [3.63, 3.8) is 0 Å². The average Bonchev–Trinajstić information content (AvgIpc) is 3.24. The van der Waals surface area contributed by atoms with E-state index in [0.717, 1.165) is 32.0 Å². The van der Waals surface area contributed by atoms with Gasteiger partial charge in [0.2, 0.25) is 11.8 Å². The fourth-order valence-corrected chi connectivity index (χ4v) is 4.20. The topological polar surface area (TPSA) is 122 Å². The number of nitrogens with zero attached hydrogens (tertiary/aromatic N) is 7. The van der Waals surface area contributed by atoms with Gasteiger partial charge in [-0.1, -0.05) is 5.21 Å². The van der Waals surface area contributed by atoms with Crippen LogP contribution >= 0.6 is 12.4 Å². The SMILES string of the molecule is CNC(=O)CN1CCC(CCOc2ncc(-c3cc4c(nnn4C)c(C#N)n3)cc2C(F)(F)F)CC1.Cl. The van der Waals surface area contributed by atoms with E-state index in [9.17, 15) is 23.2 Å². The highest BCUT2D eigenvalue weighted by molar-refractivity contribution is 5.85. The zero-order valence-corrected chi connectivity index (χ0v) is 21.1. The second-order valence-electron chi connectivity index (χ2n) is 8.65. The van der Waals surface area contributed by atoms with Gasteiger partial charge in [-0.2, -0.15) is 18.4 Å². The minimum Gasteiger partial charge on any atom is -0.477 e. The van der Waals surface area contributed by atoms with Crippen LogP contribution in [0.4, 0.5) is 13.2 Å². The number of aryl methyl sites for hydroxylation is 1. The second kappa shape index (κ2) is 11.7. The zero-order chi connectivity index (χ0) is 25.9. The number of halogens is 4. The van der Waals surface area contributed by atoms with Crippen LogP contribution in [-0.2, 0) is 18.0 Å². The molecule has 1 aliphatic rings. The van der Waals surface area contributed by atoms with Crippen LogP contribution in [0, 0.1) is 17.2 Å². The number of fused-ring (bicyclic) bond motifs is 1. The lowest BCUT2D eigenvalue weighted by Gasteiger charge is -2.31.